The van der Waals surface area contributed by atoms with E-state index < -0.39 is 0 Å². The second-order valence-corrected chi connectivity index (χ2v) is 0.702. The van der Waals surface area contributed by atoms with Crippen LogP contribution in [0.4, 0.5) is 0 Å². The molecule has 0 rings (SSSR count). The van der Waals surface area contributed by atoms with Gasteiger partial charge in [-0.15, -0.1) is 12.3 Å². The topological polar surface area (TPSA) is 43.3 Å². The lowest BCUT2D eigenvalue weighted by Gasteiger charge is -1.92. The van der Waals surface area contributed by atoms with E-state index in [9.17, 15) is 5.11 Å². The second-order valence-electron chi connectivity index (χ2n) is 0.702. The number of hydrogen-bond donors (Lipinski definition) is 1. The van der Waals surface area contributed by atoms with Crippen molar-refractivity contribution in [3.8, 4) is 0 Å². The molecule has 0 bridgehead atoms. The van der Waals surface area contributed by atoms with Crippen LogP contribution in [0.3, 0.4) is 0 Å². The van der Waals surface area contributed by atoms with Gasteiger partial charge in [-0.3, -0.25) is 0 Å². The first kappa shape index (κ1) is 9.09. The van der Waals surface area contributed by atoms with Crippen LogP contribution < -0.4 is 5.11 Å². The van der Waals surface area contributed by atoms with Gasteiger partial charge in [-0.1, -0.05) is 6.92 Å². The molecule has 0 atom stereocenters. The third kappa shape index (κ3) is 87.5. The Morgan fingerprint density at radius 1 is 1.67 bits per heavy atom. The molecule has 0 aromatic carbocycles. The summed E-state index contributed by atoms with van der Waals surface area (Å²) in [6.45, 7) is 4.42. The molecule has 0 radical (unpaired) electrons. The molecule has 0 heterocycles. The molecule has 0 amide bonds. The number of aliphatic hydroxyl groups excluding tert-OH is 1. The molecular formula is C4H9O2-. The highest BCUT2D eigenvalue weighted by Crippen LogP contribution is 1.57. The van der Waals surface area contributed by atoms with Crippen LogP contribution in [0, 0.1) is 0 Å². The van der Waals surface area contributed by atoms with E-state index in [-0.39, 0.29) is 5.76 Å². The molecule has 38 valence electrons. The number of aliphatic hydroxyl groups is 1. The van der Waals surface area contributed by atoms with Crippen molar-refractivity contribution < 1.29 is 10.2 Å². The van der Waals surface area contributed by atoms with Gasteiger partial charge in [0.2, 0.25) is 0 Å². The Kier molecular flexibility index (Phi) is 13.4. The molecule has 6 heavy (non-hydrogen) atoms. The van der Waals surface area contributed by atoms with Crippen molar-refractivity contribution in [2.45, 2.75) is 6.92 Å². The summed E-state index contributed by atoms with van der Waals surface area (Å²) >= 11 is 0. The zero-order valence-corrected chi connectivity index (χ0v) is 4.06. The number of hydrogen-bond acceptors (Lipinski definition) is 2. The smallest absolute Gasteiger partial charge is 0.0319 e. The van der Waals surface area contributed by atoms with Crippen LogP contribution in [0.5, 0.6) is 0 Å². The molecule has 0 aliphatic heterocycles. The van der Waals surface area contributed by atoms with Crippen LogP contribution in [-0.2, 0) is 0 Å². The molecule has 0 saturated heterocycles. The van der Waals surface area contributed by atoms with Gasteiger partial charge in [-0.2, -0.15) is 0 Å². The van der Waals surface area contributed by atoms with Gasteiger partial charge >= 0.3 is 0 Å². The SMILES string of the molecule is C=C(C)[O-].CO. The van der Waals surface area contributed by atoms with E-state index in [2.05, 4.69) is 6.58 Å². The summed E-state index contributed by atoms with van der Waals surface area (Å²) in [5.74, 6) is -0.0833. The Bertz CT molecular complexity index is 28.5. The Labute approximate surface area is 37.7 Å². The zero-order chi connectivity index (χ0) is 5.58. The number of rotatable bonds is 0. The first-order chi connectivity index (χ1) is 2.73. The molecule has 0 unspecified atom stereocenters. The first-order valence-electron chi connectivity index (χ1n) is 1.50. The van der Waals surface area contributed by atoms with E-state index in [1.165, 1.54) is 6.92 Å². The van der Waals surface area contributed by atoms with Crippen molar-refractivity contribution in [2.75, 3.05) is 7.11 Å². The maximum atomic E-state index is 9.33. The van der Waals surface area contributed by atoms with Gasteiger partial charge in [0.1, 0.15) is 0 Å². The van der Waals surface area contributed by atoms with Crippen molar-refractivity contribution in [1.29, 1.82) is 0 Å². The van der Waals surface area contributed by atoms with Crippen LogP contribution in [0.25, 0.3) is 0 Å². The maximum Gasteiger partial charge on any atom is 0.0319 e. The first-order valence-corrected chi connectivity index (χ1v) is 1.50. The van der Waals surface area contributed by atoms with E-state index in [0.717, 1.165) is 7.11 Å². The highest BCUT2D eigenvalue weighted by Gasteiger charge is 1.36. The predicted octanol–water partition coefficient (Wildman–Crippen LogP) is -0.511. The average molecular weight is 89.1 g/mol. The fraction of sp³-hybridized carbons (Fsp3) is 0.500. The maximum absolute atomic E-state index is 9.33. The Morgan fingerprint density at radius 3 is 1.67 bits per heavy atom. The number of allylic oxidation sites excluding steroid dienone is 1. The van der Waals surface area contributed by atoms with Crippen LogP contribution in [-0.4, -0.2) is 12.2 Å². The Morgan fingerprint density at radius 2 is 1.67 bits per heavy atom. The average Bonchev–Trinajstić information content (AvgIpc) is 1.41. The molecule has 0 aromatic rings. The van der Waals surface area contributed by atoms with E-state index in [1.54, 1.807) is 0 Å². The lowest BCUT2D eigenvalue weighted by Crippen LogP contribution is -1.92. The quantitative estimate of drug-likeness (QED) is 0.406. The van der Waals surface area contributed by atoms with Crippen LogP contribution in [0.15, 0.2) is 12.3 Å². The monoisotopic (exact) mass is 89.1 g/mol. The Balaban J connectivity index is 0. The van der Waals surface area contributed by atoms with Crippen LogP contribution >= 0.6 is 0 Å². The summed E-state index contributed by atoms with van der Waals surface area (Å²) in [5, 5.41) is 16.3. The fourth-order valence-electron chi connectivity index (χ4n) is 0. The third-order valence-corrected chi connectivity index (χ3v) is 0. The highest BCUT2D eigenvalue weighted by molar-refractivity contribution is 4.64. The van der Waals surface area contributed by atoms with Gasteiger partial charge in [-0.05, 0) is 0 Å². The van der Waals surface area contributed by atoms with Gasteiger partial charge in [0.25, 0.3) is 0 Å². The van der Waals surface area contributed by atoms with Crippen LogP contribution in [0.1, 0.15) is 6.92 Å². The van der Waals surface area contributed by atoms with Crippen molar-refractivity contribution in [2.24, 2.45) is 0 Å². The summed E-state index contributed by atoms with van der Waals surface area (Å²) in [6.07, 6.45) is 0. The van der Waals surface area contributed by atoms with Crippen molar-refractivity contribution >= 4 is 0 Å². The molecule has 2 heteroatoms. The molecule has 0 aliphatic carbocycles. The molecule has 1 N–H and O–H groups in total. The predicted molar refractivity (Wildman–Crippen MR) is 23.0 cm³/mol. The van der Waals surface area contributed by atoms with Crippen molar-refractivity contribution in [3.05, 3.63) is 12.3 Å². The van der Waals surface area contributed by atoms with Gasteiger partial charge in [0.15, 0.2) is 0 Å². The molecule has 0 spiro atoms. The lowest BCUT2D eigenvalue weighted by atomic mass is 10.7. The molecule has 0 aromatic heterocycles. The molecule has 0 aliphatic rings. The summed E-state index contributed by atoms with van der Waals surface area (Å²) < 4.78 is 0. The summed E-state index contributed by atoms with van der Waals surface area (Å²) in [6, 6.07) is 0. The minimum Gasteiger partial charge on any atom is -0.876 e. The molecular weight excluding hydrogens is 80.0 g/mol. The van der Waals surface area contributed by atoms with Gasteiger partial charge < -0.3 is 10.2 Å². The Hall–Kier alpha value is -0.500. The minimum atomic E-state index is -0.0833. The van der Waals surface area contributed by atoms with Crippen molar-refractivity contribution in [1.82, 2.24) is 0 Å². The zero-order valence-electron chi connectivity index (χ0n) is 4.06. The summed E-state index contributed by atoms with van der Waals surface area (Å²) in [4.78, 5) is 0. The molecule has 2 nitrogen and oxygen atoms in total. The van der Waals surface area contributed by atoms with Gasteiger partial charge in [-0.25, -0.2) is 0 Å². The molecule has 0 saturated carbocycles. The van der Waals surface area contributed by atoms with E-state index in [0.29, 0.717) is 0 Å². The summed E-state index contributed by atoms with van der Waals surface area (Å²) in [7, 11) is 1.00. The molecule has 0 fully saturated rings. The lowest BCUT2D eigenvalue weighted by molar-refractivity contribution is -0.300. The van der Waals surface area contributed by atoms with Gasteiger partial charge in [0, 0.05) is 7.11 Å². The van der Waals surface area contributed by atoms with Crippen LogP contribution in [0.2, 0.25) is 0 Å². The van der Waals surface area contributed by atoms with Gasteiger partial charge in [0.05, 0.1) is 0 Å². The van der Waals surface area contributed by atoms with E-state index in [4.69, 9.17) is 5.11 Å². The normalized spacial score (nSPS) is 5.17. The third-order valence-electron chi connectivity index (χ3n) is 0. The fourth-order valence-corrected chi connectivity index (χ4v) is 0. The minimum absolute atomic E-state index is 0.0833. The van der Waals surface area contributed by atoms with Crippen molar-refractivity contribution in [3.63, 3.8) is 0 Å². The standard InChI is InChI=1S/C3H6O.CH4O/c1-3(2)4;1-2/h4H,1H2,2H3;2H,1H3/p-1. The largest absolute Gasteiger partial charge is 0.876 e. The van der Waals surface area contributed by atoms with E-state index in [1.807, 2.05) is 0 Å². The second kappa shape index (κ2) is 8.82. The highest BCUT2D eigenvalue weighted by atomic mass is 16.3. The van der Waals surface area contributed by atoms with E-state index >= 15 is 0 Å². The summed E-state index contributed by atoms with van der Waals surface area (Å²) in [5.41, 5.74) is 0.